The van der Waals surface area contributed by atoms with E-state index in [1.54, 1.807) is 0 Å². The van der Waals surface area contributed by atoms with Crippen molar-refractivity contribution in [3.05, 3.63) is 11.6 Å². The second-order valence-corrected chi connectivity index (χ2v) is 20.8. The molecule has 162 valence electrons. The number of hydrogen-bond acceptors (Lipinski definition) is 5. The Kier molecular flexibility index (Phi) is 6.50. The lowest BCUT2D eigenvalue weighted by Crippen LogP contribution is -2.49. The molecule has 1 aliphatic heterocycles. The van der Waals surface area contributed by atoms with E-state index in [9.17, 15) is 4.79 Å². The monoisotopic (exact) mass is 428 g/mol. The van der Waals surface area contributed by atoms with Gasteiger partial charge >= 0.3 is 5.97 Å². The molecule has 7 heteroatoms. The number of ether oxygens (including phenoxy) is 2. The van der Waals surface area contributed by atoms with E-state index in [2.05, 4.69) is 67.7 Å². The van der Waals surface area contributed by atoms with Crippen molar-refractivity contribution >= 4 is 22.6 Å². The largest absolute Gasteiger partial charge is 0.455 e. The summed E-state index contributed by atoms with van der Waals surface area (Å²) in [5.41, 5.74) is 1.06. The van der Waals surface area contributed by atoms with Crippen LogP contribution in [0.4, 0.5) is 0 Å². The maximum Gasteiger partial charge on any atom is 0.303 e. The summed E-state index contributed by atoms with van der Waals surface area (Å²) in [4.78, 5) is 11.5. The SMILES string of the molecule is CC(=O)O[C@H]1C=C(CO[Si](C)(C)C(C)(C)C)[C@@H](O[Si](C)(C)C(C)(C)C)[C@@H]2O[C@@H]21. The lowest BCUT2D eigenvalue weighted by Gasteiger charge is -2.41. The van der Waals surface area contributed by atoms with Crippen LogP contribution in [-0.2, 0) is 23.1 Å². The Labute approximate surface area is 173 Å². The van der Waals surface area contributed by atoms with Crippen LogP contribution in [0.25, 0.3) is 0 Å². The average Bonchev–Trinajstić information content (AvgIpc) is 3.25. The summed E-state index contributed by atoms with van der Waals surface area (Å²) in [6.45, 7) is 24.4. The van der Waals surface area contributed by atoms with E-state index in [-0.39, 0.29) is 40.5 Å². The number of fused-ring (bicyclic) bond motifs is 1. The van der Waals surface area contributed by atoms with Gasteiger partial charge in [-0.25, -0.2) is 0 Å². The molecule has 2 aliphatic rings. The van der Waals surface area contributed by atoms with E-state index < -0.39 is 16.6 Å². The van der Waals surface area contributed by atoms with Gasteiger partial charge in [-0.05, 0) is 47.9 Å². The molecule has 0 N–H and O–H groups in total. The second-order valence-electron chi connectivity index (χ2n) is 11.2. The molecule has 0 aromatic rings. The first-order valence-corrected chi connectivity index (χ1v) is 16.1. The van der Waals surface area contributed by atoms with Crippen LogP contribution in [0.5, 0.6) is 0 Å². The molecule has 0 aromatic heterocycles. The highest BCUT2D eigenvalue weighted by Crippen LogP contribution is 2.45. The zero-order valence-electron chi connectivity index (χ0n) is 19.6. The van der Waals surface area contributed by atoms with Crippen LogP contribution in [0, 0.1) is 0 Å². The van der Waals surface area contributed by atoms with Crippen molar-refractivity contribution in [3.8, 4) is 0 Å². The Morgan fingerprint density at radius 1 is 1.00 bits per heavy atom. The van der Waals surface area contributed by atoms with Crippen molar-refractivity contribution in [2.45, 2.75) is 109 Å². The summed E-state index contributed by atoms with van der Waals surface area (Å²) >= 11 is 0. The van der Waals surface area contributed by atoms with Gasteiger partial charge in [0.05, 0.1) is 12.7 Å². The van der Waals surface area contributed by atoms with Gasteiger partial charge < -0.3 is 18.3 Å². The van der Waals surface area contributed by atoms with Crippen molar-refractivity contribution in [3.63, 3.8) is 0 Å². The van der Waals surface area contributed by atoms with Gasteiger partial charge in [0.15, 0.2) is 16.6 Å². The highest BCUT2D eigenvalue weighted by atomic mass is 28.4. The topological polar surface area (TPSA) is 57.3 Å². The molecule has 28 heavy (non-hydrogen) atoms. The van der Waals surface area contributed by atoms with Gasteiger partial charge in [-0.1, -0.05) is 41.5 Å². The number of hydrogen-bond donors (Lipinski definition) is 0. The Hall–Kier alpha value is -0.476. The standard InChI is InChI=1S/C21H40O5Si2/c1-14(22)24-16-12-15(13-23-27(8,9)20(2,3)4)17(19-18(16)25-19)26-28(10,11)21(5,6)7/h12,16-19H,13H2,1-11H3/t16-,17+,18+,19-/m0/s1. The van der Waals surface area contributed by atoms with Crippen molar-refractivity contribution in [1.82, 2.24) is 0 Å². The highest BCUT2D eigenvalue weighted by Gasteiger charge is 2.57. The summed E-state index contributed by atoms with van der Waals surface area (Å²) < 4.78 is 24.7. The molecule has 0 bridgehead atoms. The zero-order valence-corrected chi connectivity index (χ0v) is 21.6. The smallest absolute Gasteiger partial charge is 0.303 e. The van der Waals surface area contributed by atoms with Gasteiger partial charge in [-0.2, -0.15) is 0 Å². The maximum absolute atomic E-state index is 11.5. The molecule has 2 rings (SSSR count). The Balaban J connectivity index is 2.26. The third kappa shape index (κ3) is 5.16. The fraction of sp³-hybridized carbons (Fsp3) is 0.857. The molecular formula is C21H40O5Si2. The van der Waals surface area contributed by atoms with Crippen molar-refractivity contribution in [1.29, 1.82) is 0 Å². The lowest BCUT2D eigenvalue weighted by molar-refractivity contribution is -0.145. The van der Waals surface area contributed by atoms with E-state index >= 15 is 0 Å². The molecular weight excluding hydrogens is 388 g/mol. The van der Waals surface area contributed by atoms with Crippen LogP contribution >= 0.6 is 0 Å². The summed E-state index contributed by atoms with van der Waals surface area (Å²) in [7, 11) is -3.90. The minimum atomic E-state index is -1.99. The molecule has 1 heterocycles. The molecule has 5 nitrogen and oxygen atoms in total. The fourth-order valence-electron chi connectivity index (χ4n) is 2.80. The Morgan fingerprint density at radius 2 is 1.54 bits per heavy atom. The van der Waals surface area contributed by atoms with Crippen LogP contribution in [0.2, 0.25) is 36.3 Å². The summed E-state index contributed by atoms with van der Waals surface area (Å²) in [6, 6.07) is 0. The van der Waals surface area contributed by atoms with E-state index in [1.165, 1.54) is 6.92 Å². The molecule has 1 aliphatic carbocycles. The van der Waals surface area contributed by atoms with Crippen LogP contribution in [0.1, 0.15) is 48.5 Å². The van der Waals surface area contributed by atoms with Crippen molar-refractivity contribution in [2.75, 3.05) is 6.61 Å². The first-order chi connectivity index (χ1) is 12.5. The van der Waals surface area contributed by atoms with Gasteiger partial charge in [0.1, 0.15) is 18.3 Å². The predicted octanol–water partition coefficient (Wildman–Crippen LogP) is 5.04. The first kappa shape index (κ1) is 23.8. The normalized spacial score (nSPS) is 28.5. The number of carbonyl (C=O) groups is 1. The molecule has 1 fully saturated rings. The molecule has 0 unspecified atom stereocenters. The van der Waals surface area contributed by atoms with Gasteiger partial charge in [-0.3, -0.25) is 4.79 Å². The van der Waals surface area contributed by atoms with Gasteiger partial charge in [-0.15, -0.1) is 0 Å². The molecule has 1 saturated heterocycles. The summed E-state index contributed by atoms with van der Waals surface area (Å²) in [5, 5.41) is 0.238. The number of esters is 1. The first-order valence-electron chi connectivity index (χ1n) is 10.3. The van der Waals surface area contributed by atoms with Gasteiger partial charge in [0.25, 0.3) is 0 Å². The van der Waals surface area contributed by atoms with E-state index in [0.717, 1.165) is 5.57 Å². The minimum absolute atomic E-state index is 0.0542. The van der Waals surface area contributed by atoms with Gasteiger partial charge in [0.2, 0.25) is 0 Å². The minimum Gasteiger partial charge on any atom is -0.455 e. The quantitative estimate of drug-likeness (QED) is 0.257. The molecule has 0 saturated carbocycles. The number of carbonyl (C=O) groups excluding carboxylic acids is 1. The van der Waals surface area contributed by atoms with Crippen LogP contribution in [-0.4, -0.2) is 53.6 Å². The Morgan fingerprint density at radius 3 is 2.00 bits per heavy atom. The summed E-state index contributed by atoms with van der Waals surface area (Å²) in [6.07, 6.45) is 1.39. The third-order valence-corrected chi connectivity index (χ3v) is 15.8. The molecule has 0 aromatic carbocycles. The number of rotatable bonds is 6. The van der Waals surface area contributed by atoms with Gasteiger partial charge in [0, 0.05) is 6.92 Å². The predicted molar refractivity (Wildman–Crippen MR) is 118 cm³/mol. The number of epoxide rings is 1. The zero-order chi connectivity index (χ0) is 21.7. The van der Waals surface area contributed by atoms with E-state index in [4.69, 9.17) is 18.3 Å². The van der Waals surface area contributed by atoms with Crippen LogP contribution in [0.15, 0.2) is 11.6 Å². The highest BCUT2D eigenvalue weighted by molar-refractivity contribution is 6.74. The molecule has 0 amide bonds. The van der Waals surface area contributed by atoms with E-state index in [0.29, 0.717) is 6.61 Å². The lowest BCUT2D eigenvalue weighted by atomic mass is 9.95. The molecule has 0 spiro atoms. The van der Waals surface area contributed by atoms with E-state index in [1.807, 2.05) is 6.08 Å². The average molecular weight is 429 g/mol. The molecule has 4 atom stereocenters. The third-order valence-electron chi connectivity index (χ3n) is 6.86. The fourth-order valence-corrected chi connectivity index (χ4v) is 5.03. The summed E-state index contributed by atoms with van der Waals surface area (Å²) in [5.74, 6) is -0.288. The maximum atomic E-state index is 11.5. The van der Waals surface area contributed by atoms with Crippen LogP contribution in [0.3, 0.4) is 0 Å². The van der Waals surface area contributed by atoms with Crippen molar-refractivity contribution < 1.29 is 23.1 Å². The molecule has 0 radical (unpaired) electrons. The van der Waals surface area contributed by atoms with Crippen molar-refractivity contribution in [2.24, 2.45) is 0 Å². The second kappa shape index (κ2) is 7.65. The Bertz CT molecular complexity index is 628. The van der Waals surface area contributed by atoms with Crippen LogP contribution < -0.4 is 0 Å².